The van der Waals surface area contributed by atoms with Crippen molar-refractivity contribution in [3.05, 3.63) is 210 Å². The van der Waals surface area contributed by atoms with E-state index in [1.165, 1.54) is 99.6 Å². The lowest BCUT2D eigenvalue weighted by molar-refractivity contribution is 0.590. The Morgan fingerprint density at radius 3 is 1.93 bits per heavy atom. The number of aromatic nitrogens is 1. The van der Waals surface area contributed by atoms with Crippen LogP contribution in [0.4, 0.5) is 11.4 Å². The molecule has 0 bridgehead atoms. The molecule has 1 aliphatic heterocycles. The maximum Gasteiger partial charge on any atom is 0.198 e. The third kappa shape index (κ3) is 5.82. The first kappa shape index (κ1) is 40.3. The van der Waals surface area contributed by atoms with Gasteiger partial charge in [0.05, 0.1) is 5.52 Å². The van der Waals surface area contributed by atoms with E-state index in [-0.39, 0.29) is 10.8 Å². The van der Waals surface area contributed by atoms with Gasteiger partial charge < -0.3 is 14.3 Å². The summed E-state index contributed by atoms with van der Waals surface area (Å²) in [6, 6.07) is 68.0. The fraction of sp³-hybridized carbons (Fsp3) is 0.138. The number of nitrogens with one attached hydrogen (secondary N) is 1. The van der Waals surface area contributed by atoms with Gasteiger partial charge in [-0.15, -0.1) is 0 Å². The molecule has 0 spiro atoms. The zero-order chi connectivity index (χ0) is 46.5. The molecule has 3 aliphatic rings. The molecule has 0 radical (unpaired) electrons. The molecule has 4 heteroatoms. The standard InChI is InChI=1S/C65H51BN2O/c1-37-42-21-13-14-22-43(42)48-34-58-51(31-47(37)48)46-30-29-45(50-32-49-44-23-15-16-24-54(44)65(5,6)55(49)36-57(50)67-41-27-25-40(26-28-41)64(2,3)4)60-61(46)68(58)59-35-53-52(33-56(59)66-60)62(38-17-9-7-10-18-38)69-63(53)39-19-11-8-12-20-39/h7-37,66-67H,1-6H3. The molecule has 3 heterocycles. The Bertz CT molecular complexity index is 3960. The molecule has 0 fully saturated rings. The van der Waals surface area contributed by atoms with E-state index in [0.29, 0.717) is 5.92 Å². The highest BCUT2D eigenvalue weighted by atomic mass is 16.3. The number of hydrogen-bond donors (Lipinski definition) is 1. The normalized spacial score (nSPS) is 14.9. The van der Waals surface area contributed by atoms with Crippen molar-refractivity contribution in [2.24, 2.45) is 0 Å². The SMILES string of the molecule is CC1c2ccccc2-c2cc3c(cc21)c1ccc(-c2cc4c(cc2Nc2ccc(C(C)(C)C)cc2)C(C)(C)c2ccccc2-4)c2c1n3-c1cc3c(-c4ccccc4)oc(-c4ccccc4)c3cc1B2. The highest BCUT2D eigenvalue weighted by molar-refractivity contribution is 6.73. The second kappa shape index (κ2) is 14.4. The minimum atomic E-state index is -0.151. The van der Waals surface area contributed by atoms with Crippen LogP contribution in [0.3, 0.4) is 0 Å². The molecule has 14 rings (SSSR count). The maximum atomic E-state index is 7.05. The van der Waals surface area contributed by atoms with Crippen LogP contribution in [0, 0.1) is 0 Å². The molecule has 1 unspecified atom stereocenters. The molecule has 3 nitrogen and oxygen atoms in total. The van der Waals surface area contributed by atoms with E-state index in [9.17, 15) is 0 Å². The van der Waals surface area contributed by atoms with Crippen molar-refractivity contribution in [3.63, 3.8) is 0 Å². The maximum absolute atomic E-state index is 7.05. The minimum Gasteiger partial charge on any atom is -0.455 e. The van der Waals surface area contributed by atoms with Gasteiger partial charge in [0.25, 0.3) is 0 Å². The summed E-state index contributed by atoms with van der Waals surface area (Å²) in [6.45, 7) is 14.0. The van der Waals surface area contributed by atoms with E-state index in [4.69, 9.17) is 4.42 Å². The van der Waals surface area contributed by atoms with E-state index in [1.54, 1.807) is 0 Å². The van der Waals surface area contributed by atoms with Crippen molar-refractivity contribution in [3.8, 4) is 61.7 Å². The monoisotopic (exact) mass is 886 g/mol. The van der Waals surface area contributed by atoms with Gasteiger partial charge in [0.1, 0.15) is 11.5 Å². The molecule has 0 saturated heterocycles. The summed E-state index contributed by atoms with van der Waals surface area (Å²) < 4.78 is 9.66. The first-order valence-electron chi connectivity index (χ1n) is 24.6. The number of nitrogens with zero attached hydrogens (tertiary/aromatic N) is 1. The zero-order valence-electron chi connectivity index (χ0n) is 40.0. The van der Waals surface area contributed by atoms with Crippen molar-refractivity contribution in [2.75, 3.05) is 5.32 Å². The van der Waals surface area contributed by atoms with Crippen molar-refractivity contribution >= 4 is 62.2 Å². The Kier molecular flexibility index (Phi) is 8.38. The van der Waals surface area contributed by atoms with Crippen LogP contribution >= 0.6 is 0 Å². The molecule has 2 aromatic heterocycles. The predicted octanol–water partition coefficient (Wildman–Crippen LogP) is 15.7. The van der Waals surface area contributed by atoms with Gasteiger partial charge >= 0.3 is 0 Å². The summed E-state index contributed by atoms with van der Waals surface area (Å²) in [5.74, 6) is 2.12. The van der Waals surface area contributed by atoms with Crippen molar-refractivity contribution in [2.45, 2.75) is 58.3 Å². The number of hydrogen-bond acceptors (Lipinski definition) is 2. The average Bonchev–Trinajstić information content (AvgIpc) is 4.06. The molecular weight excluding hydrogens is 836 g/mol. The third-order valence-electron chi connectivity index (χ3n) is 16.0. The van der Waals surface area contributed by atoms with Gasteiger partial charge in [-0.05, 0) is 109 Å². The average molecular weight is 887 g/mol. The number of rotatable bonds is 5. The zero-order valence-corrected chi connectivity index (χ0v) is 40.0. The lowest BCUT2D eigenvalue weighted by Gasteiger charge is -2.26. The van der Waals surface area contributed by atoms with E-state index >= 15 is 0 Å². The van der Waals surface area contributed by atoms with Gasteiger partial charge in [0.2, 0.25) is 0 Å². The second-order valence-electron chi connectivity index (χ2n) is 21.4. The minimum absolute atomic E-state index is 0.0640. The molecule has 1 N–H and O–H groups in total. The molecule has 9 aromatic carbocycles. The van der Waals surface area contributed by atoms with Gasteiger partial charge in [-0.2, -0.15) is 0 Å². The summed E-state index contributed by atoms with van der Waals surface area (Å²) in [7, 11) is 0.770. The number of benzene rings is 9. The van der Waals surface area contributed by atoms with Gasteiger partial charge in [-0.25, -0.2) is 0 Å². The van der Waals surface area contributed by atoms with Gasteiger partial charge in [-0.3, -0.25) is 0 Å². The van der Waals surface area contributed by atoms with Crippen LogP contribution in [-0.4, -0.2) is 11.8 Å². The molecule has 69 heavy (non-hydrogen) atoms. The second-order valence-corrected chi connectivity index (χ2v) is 21.4. The summed E-state index contributed by atoms with van der Waals surface area (Å²) >= 11 is 0. The summed E-state index contributed by atoms with van der Waals surface area (Å²) in [4.78, 5) is 0. The van der Waals surface area contributed by atoms with Crippen LogP contribution in [0.15, 0.2) is 186 Å². The number of furan rings is 1. The van der Waals surface area contributed by atoms with E-state index < -0.39 is 0 Å². The lowest BCUT2D eigenvalue weighted by atomic mass is 9.58. The molecule has 2 aliphatic carbocycles. The van der Waals surface area contributed by atoms with Crippen LogP contribution in [-0.2, 0) is 10.8 Å². The Hall–Kier alpha value is -7.82. The highest BCUT2D eigenvalue weighted by Crippen LogP contribution is 2.53. The fourth-order valence-corrected chi connectivity index (χ4v) is 12.4. The quantitative estimate of drug-likeness (QED) is 0.175. The number of anilines is 2. The van der Waals surface area contributed by atoms with Crippen LogP contribution in [0.5, 0.6) is 0 Å². The Balaban J connectivity index is 1.07. The largest absolute Gasteiger partial charge is 0.455 e. The molecule has 1 atom stereocenters. The van der Waals surface area contributed by atoms with Gasteiger partial charge in [0, 0.05) is 72.1 Å². The van der Waals surface area contributed by atoms with Crippen LogP contribution in [0.2, 0.25) is 0 Å². The van der Waals surface area contributed by atoms with Crippen LogP contribution in [0.1, 0.15) is 75.3 Å². The van der Waals surface area contributed by atoms with E-state index in [1.807, 2.05) is 0 Å². The third-order valence-corrected chi connectivity index (χ3v) is 16.0. The summed E-state index contributed by atoms with van der Waals surface area (Å²) in [5, 5.41) is 8.86. The van der Waals surface area contributed by atoms with Crippen molar-refractivity contribution < 1.29 is 4.42 Å². The van der Waals surface area contributed by atoms with Gasteiger partial charge in [-0.1, -0.05) is 187 Å². The molecular formula is C65H51BN2O. The Labute approximate surface area is 404 Å². The molecule has 0 amide bonds. The van der Waals surface area contributed by atoms with Crippen LogP contribution in [0.25, 0.3) is 94.3 Å². The number of fused-ring (bicyclic) bond motifs is 12. The van der Waals surface area contributed by atoms with E-state index in [2.05, 4.69) is 233 Å². The van der Waals surface area contributed by atoms with E-state index in [0.717, 1.165) is 52.1 Å². The first-order chi connectivity index (χ1) is 33.5. The highest BCUT2D eigenvalue weighted by Gasteiger charge is 2.37. The smallest absolute Gasteiger partial charge is 0.198 e. The Morgan fingerprint density at radius 2 is 1.20 bits per heavy atom. The van der Waals surface area contributed by atoms with Gasteiger partial charge in [0.15, 0.2) is 7.28 Å². The molecule has 0 saturated carbocycles. The topological polar surface area (TPSA) is 30.1 Å². The predicted molar refractivity (Wildman–Crippen MR) is 292 cm³/mol. The Morgan fingerprint density at radius 1 is 0.536 bits per heavy atom. The van der Waals surface area contributed by atoms with Crippen molar-refractivity contribution in [1.29, 1.82) is 0 Å². The summed E-state index contributed by atoms with van der Waals surface area (Å²) in [6.07, 6.45) is 0. The van der Waals surface area contributed by atoms with Crippen molar-refractivity contribution in [1.82, 2.24) is 4.57 Å². The lowest BCUT2D eigenvalue weighted by Crippen LogP contribution is -2.37. The molecule has 330 valence electrons. The summed E-state index contributed by atoms with van der Waals surface area (Å²) in [5.41, 5.74) is 25.3. The molecule has 11 aromatic rings. The fourth-order valence-electron chi connectivity index (χ4n) is 12.4. The van der Waals surface area contributed by atoms with Crippen LogP contribution < -0.4 is 16.2 Å². The first-order valence-corrected chi connectivity index (χ1v) is 24.6.